The lowest BCUT2D eigenvalue weighted by atomic mass is 9.97. The predicted octanol–water partition coefficient (Wildman–Crippen LogP) is 1.99. The molecule has 0 saturated heterocycles. The molecule has 16 heavy (non-hydrogen) atoms. The number of ether oxygens (including phenoxy) is 1. The normalized spacial score (nSPS) is 14.5. The van der Waals surface area contributed by atoms with Gasteiger partial charge in [-0.25, -0.2) is 4.39 Å². The van der Waals surface area contributed by atoms with Crippen molar-refractivity contribution >= 4 is 5.69 Å². The second-order valence-corrected chi connectivity index (χ2v) is 3.90. The SMILES string of the molecule is CCC(CN)(COC)Nc1ccc(F)cc1. The number of hydrogen-bond acceptors (Lipinski definition) is 3. The van der Waals surface area contributed by atoms with E-state index in [1.165, 1.54) is 12.1 Å². The highest BCUT2D eigenvalue weighted by Crippen LogP contribution is 2.18. The summed E-state index contributed by atoms with van der Waals surface area (Å²) in [7, 11) is 1.65. The van der Waals surface area contributed by atoms with Gasteiger partial charge in [0.15, 0.2) is 0 Å². The third-order valence-corrected chi connectivity index (χ3v) is 2.74. The Kier molecular flexibility index (Phi) is 4.71. The molecule has 1 aromatic rings. The second kappa shape index (κ2) is 5.82. The zero-order chi connectivity index (χ0) is 12.0. The Bertz CT molecular complexity index is 309. The minimum Gasteiger partial charge on any atom is -0.382 e. The number of methoxy groups -OCH3 is 1. The number of nitrogens with two attached hydrogens (primary N) is 1. The van der Waals surface area contributed by atoms with Crippen molar-refractivity contribution in [3.63, 3.8) is 0 Å². The molecule has 3 N–H and O–H groups in total. The lowest BCUT2D eigenvalue weighted by molar-refractivity contribution is 0.143. The topological polar surface area (TPSA) is 47.3 Å². The van der Waals surface area contributed by atoms with Crippen LogP contribution in [0.2, 0.25) is 0 Å². The fourth-order valence-corrected chi connectivity index (χ4v) is 1.60. The highest BCUT2D eigenvalue weighted by atomic mass is 19.1. The molecule has 90 valence electrons. The van der Waals surface area contributed by atoms with Crippen molar-refractivity contribution in [3.8, 4) is 0 Å². The van der Waals surface area contributed by atoms with Crippen LogP contribution < -0.4 is 11.1 Å². The first-order chi connectivity index (χ1) is 7.65. The van der Waals surface area contributed by atoms with E-state index in [1.54, 1.807) is 19.2 Å². The molecule has 0 aliphatic rings. The summed E-state index contributed by atoms with van der Waals surface area (Å²) in [6, 6.07) is 6.24. The standard InChI is InChI=1S/C12H19FN2O/c1-3-12(8-14,9-16-2)15-11-6-4-10(13)5-7-11/h4-7,15H,3,8-9,14H2,1-2H3. The van der Waals surface area contributed by atoms with Gasteiger partial charge in [-0.2, -0.15) is 0 Å². The maximum absolute atomic E-state index is 12.8. The van der Waals surface area contributed by atoms with E-state index >= 15 is 0 Å². The molecule has 0 amide bonds. The van der Waals surface area contributed by atoms with Gasteiger partial charge >= 0.3 is 0 Å². The van der Waals surface area contributed by atoms with Crippen molar-refractivity contribution in [3.05, 3.63) is 30.1 Å². The molecule has 3 nitrogen and oxygen atoms in total. The molecule has 0 heterocycles. The number of hydrogen-bond donors (Lipinski definition) is 2. The molecule has 4 heteroatoms. The van der Waals surface area contributed by atoms with Crippen LogP contribution in [-0.4, -0.2) is 25.8 Å². The summed E-state index contributed by atoms with van der Waals surface area (Å²) < 4.78 is 17.9. The lowest BCUT2D eigenvalue weighted by Gasteiger charge is -2.33. The number of benzene rings is 1. The molecule has 0 fully saturated rings. The molecule has 0 aliphatic heterocycles. The highest BCUT2D eigenvalue weighted by Gasteiger charge is 2.26. The first-order valence-electron chi connectivity index (χ1n) is 5.38. The minimum absolute atomic E-state index is 0.243. The number of nitrogens with one attached hydrogen (secondary N) is 1. The molecule has 1 atom stereocenters. The fourth-order valence-electron chi connectivity index (χ4n) is 1.60. The monoisotopic (exact) mass is 226 g/mol. The van der Waals surface area contributed by atoms with E-state index in [4.69, 9.17) is 10.5 Å². The highest BCUT2D eigenvalue weighted by molar-refractivity contribution is 5.45. The molecule has 0 saturated carbocycles. The molecule has 1 unspecified atom stereocenters. The van der Waals surface area contributed by atoms with Gasteiger partial charge in [-0.15, -0.1) is 0 Å². The summed E-state index contributed by atoms with van der Waals surface area (Å²) in [5, 5.41) is 3.30. The van der Waals surface area contributed by atoms with E-state index in [0.717, 1.165) is 12.1 Å². The van der Waals surface area contributed by atoms with Crippen LogP contribution in [0.15, 0.2) is 24.3 Å². The molecule has 1 aromatic carbocycles. The van der Waals surface area contributed by atoms with Crippen LogP contribution >= 0.6 is 0 Å². The Hall–Kier alpha value is -1.13. The maximum atomic E-state index is 12.8. The number of anilines is 1. The van der Waals surface area contributed by atoms with Crippen LogP contribution in [0.3, 0.4) is 0 Å². The Morgan fingerprint density at radius 2 is 2.00 bits per heavy atom. The van der Waals surface area contributed by atoms with Crippen LogP contribution in [0.5, 0.6) is 0 Å². The first kappa shape index (κ1) is 12.9. The quantitative estimate of drug-likeness (QED) is 0.780. The average molecular weight is 226 g/mol. The summed E-state index contributed by atoms with van der Waals surface area (Å²) in [5.74, 6) is -0.243. The van der Waals surface area contributed by atoms with Crippen molar-refractivity contribution in [2.24, 2.45) is 5.73 Å². The minimum atomic E-state index is -0.285. The van der Waals surface area contributed by atoms with Crippen LogP contribution in [0.25, 0.3) is 0 Å². The van der Waals surface area contributed by atoms with Gasteiger partial charge in [-0.3, -0.25) is 0 Å². The molecule has 0 aromatic heterocycles. The largest absolute Gasteiger partial charge is 0.382 e. The van der Waals surface area contributed by atoms with E-state index in [1.807, 2.05) is 6.92 Å². The van der Waals surface area contributed by atoms with Crippen molar-refractivity contribution in [2.45, 2.75) is 18.9 Å². The number of halogens is 1. The summed E-state index contributed by atoms with van der Waals surface area (Å²) >= 11 is 0. The molecular weight excluding hydrogens is 207 g/mol. The average Bonchev–Trinajstić information content (AvgIpc) is 2.31. The van der Waals surface area contributed by atoms with Gasteiger partial charge in [0.2, 0.25) is 0 Å². The van der Waals surface area contributed by atoms with Gasteiger partial charge in [0, 0.05) is 19.3 Å². The first-order valence-corrected chi connectivity index (χ1v) is 5.38. The summed E-state index contributed by atoms with van der Waals surface area (Å²) in [6.45, 7) is 3.04. The van der Waals surface area contributed by atoms with Gasteiger partial charge in [0.05, 0.1) is 12.1 Å². The van der Waals surface area contributed by atoms with Crippen molar-refractivity contribution in [1.29, 1.82) is 0 Å². The summed E-state index contributed by atoms with van der Waals surface area (Å²) in [5.41, 5.74) is 6.33. The second-order valence-electron chi connectivity index (χ2n) is 3.90. The zero-order valence-corrected chi connectivity index (χ0v) is 9.79. The van der Waals surface area contributed by atoms with Crippen LogP contribution in [0.4, 0.5) is 10.1 Å². The molecule has 1 rings (SSSR count). The molecule has 0 spiro atoms. The van der Waals surface area contributed by atoms with Gasteiger partial charge in [0.25, 0.3) is 0 Å². The van der Waals surface area contributed by atoms with Crippen LogP contribution in [0, 0.1) is 5.82 Å². The van der Waals surface area contributed by atoms with E-state index in [0.29, 0.717) is 13.2 Å². The Morgan fingerprint density at radius 3 is 2.44 bits per heavy atom. The van der Waals surface area contributed by atoms with Gasteiger partial charge in [-0.05, 0) is 30.7 Å². The van der Waals surface area contributed by atoms with Crippen molar-refractivity contribution in [2.75, 3.05) is 25.6 Å². The smallest absolute Gasteiger partial charge is 0.123 e. The molecule has 0 aliphatic carbocycles. The van der Waals surface area contributed by atoms with Crippen molar-refractivity contribution in [1.82, 2.24) is 0 Å². The Morgan fingerprint density at radius 1 is 1.38 bits per heavy atom. The maximum Gasteiger partial charge on any atom is 0.123 e. The molecular formula is C12H19FN2O. The van der Waals surface area contributed by atoms with E-state index in [2.05, 4.69) is 5.32 Å². The fraction of sp³-hybridized carbons (Fsp3) is 0.500. The summed E-state index contributed by atoms with van der Waals surface area (Å²) in [4.78, 5) is 0. The van der Waals surface area contributed by atoms with Gasteiger partial charge in [-0.1, -0.05) is 6.92 Å². The lowest BCUT2D eigenvalue weighted by Crippen LogP contribution is -2.48. The molecule has 0 bridgehead atoms. The summed E-state index contributed by atoms with van der Waals surface area (Å²) in [6.07, 6.45) is 0.842. The Balaban J connectivity index is 2.78. The van der Waals surface area contributed by atoms with E-state index in [-0.39, 0.29) is 11.4 Å². The number of rotatable bonds is 6. The third kappa shape index (κ3) is 3.18. The van der Waals surface area contributed by atoms with Gasteiger partial charge < -0.3 is 15.8 Å². The van der Waals surface area contributed by atoms with Crippen LogP contribution in [0.1, 0.15) is 13.3 Å². The third-order valence-electron chi connectivity index (χ3n) is 2.74. The zero-order valence-electron chi connectivity index (χ0n) is 9.79. The van der Waals surface area contributed by atoms with E-state index in [9.17, 15) is 4.39 Å². The predicted molar refractivity (Wildman–Crippen MR) is 64.0 cm³/mol. The Labute approximate surface area is 95.8 Å². The van der Waals surface area contributed by atoms with Crippen LogP contribution in [-0.2, 0) is 4.74 Å². The molecule has 0 radical (unpaired) electrons. The van der Waals surface area contributed by atoms with Gasteiger partial charge in [0.1, 0.15) is 5.82 Å². The van der Waals surface area contributed by atoms with E-state index < -0.39 is 0 Å². The van der Waals surface area contributed by atoms with Crippen molar-refractivity contribution < 1.29 is 9.13 Å².